The van der Waals surface area contributed by atoms with E-state index >= 15 is 0 Å². The Morgan fingerprint density at radius 3 is 2.24 bits per heavy atom. The lowest BCUT2D eigenvalue weighted by Gasteiger charge is -2.41. The fraction of sp³-hybridized carbons (Fsp3) is 0.381. The van der Waals surface area contributed by atoms with Crippen LogP contribution in [0.25, 0.3) is 0 Å². The summed E-state index contributed by atoms with van der Waals surface area (Å²) in [4.78, 5) is 11.4. The topological polar surface area (TPSA) is 116 Å². The van der Waals surface area contributed by atoms with Crippen LogP contribution in [-0.4, -0.2) is 53.8 Å². The molecule has 0 bridgehead atoms. The highest BCUT2D eigenvalue weighted by atomic mass is 32.2. The van der Waals surface area contributed by atoms with Gasteiger partial charge in [0, 0.05) is 12.1 Å². The molecule has 3 unspecified atom stereocenters. The van der Waals surface area contributed by atoms with E-state index in [9.17, 15) is 49.1 Å². The van der Waals surface area contributed by atoms with E-state index in [0.717, 1.165) is 29.7 Å². The van der Waals surface area contributed by atoms with Crippen LogP contribution >= 0.6 is 0 Å². The van der Waals surface area contributed by atoms with Gasteiger partial charge in [0.2, 0.25) is 10.0 Å². The Morgan fingerprint density at radius 1 is 1.08 bits per heavy atom. The van der Waals surface area contributed by atoms with Crippen LogP contribution in [0.4, 0.5) is 30.7 Å². The van der Waals surface area contributed by atoms with Crippen molar-refractivity contribution >= 4 is 15.9 Å². The molecule has 204 valence electrons. The van der Waals surface area contributed by atoms with Crippen molar-refractivity contribution in [2.24, 2.45) is 5.92 Å². The Balaban J connectivity index is 1.87. The number of nitrogens with one attached hydrogen (secondary N) is 1. The lowest BCUT2D eigenvalue weighted by molar-refractivity contribution is -0.207. The fourth-order valence-corrected chi connectivity index (χ4v) is 5.58. The van der Waals surface area contributed by atoms with Gasteiger partial charge in [-0.2, -0.15) is 30.6 Å². The van der Waals surface area contributed by atoms with Crippen molar-refractivity contribution in [3.63, 3.8) is 0 Å². The number of aliphatic hydroxyl groups is 1. The van der Waals surface area contributed by atoms with E-state index in [-0.39, 0.29) is 10.1 Å². The summed E-state index contributed by atoms with van der Waals surface area (Å²) in [7, 11) is -4.86. The molecule has 0 radical (unpaired) electrons. The first-order valence-electron chi connectivity index (χ1n) is 10.3. The molecule has 8 nitrogen and oxygen atoms in total. The highest BCUT2D eigenvalue weighted by molar-refractivity contribution is 7.89. The van der Waals surface area contributed by atoms with Crippen LogP contribution in [0.5, 0.6) is 5.75 Å². The largest absolute Gasteiger partial charge is 0.489 e. The zero-order chi connectivity index (χ0) is 27.8. The number of aliphatic hydroxyl groups excluding tert-OH is 1. The number of alkyl halides is 6. The van der Waals surface area contributed by atoms with E-state index in [2.05, 4.69) is 0 Å². The van der Waals surface area contributed by atoms with Gasteiger partial charge in [0.15, 0.2) is 0 Å². The number of hydroxylamine groups is 1. The molecule has 1 saturated heterocycles. The van der Waals surface area contributed by atoms with Crippen LogP contribution in [0.15, 0.2) is 47.4 Å². The molecule has 2 aromatic rings. The average molecular weight is 560 g/mol. The Hall–Kier alpha value is -2.95. The van der Waals surface area contributed by atoms with Crippen LogP contribution in [0, 0.1) is 11.7 Å². The number of hydrogen-bond donors (Lipinski definition) is 3. The van der Waals surface area contributed by atoms with Gasteiger partial charge in [-0.1, -0.05) is 0 Å². The van der Waals surface area contributed by atoms with Gasteiger partial charge in [-0.25, -0.2) is 18.3 Å². The van der Waals surface area contributed by atoms with Gasteiger partial charge in [0.25, 0.3) is 5.91 Å². The van der Waals surface area contributed by atoms with Gasteiger partial charge < -0.3 is 9.84 Å². The first kappa shape index (κ1) is 28.6. The Morgan fingerprint density at radius 2 is 1.70 bits per heavy atom. The van der Waals surface area contributed by atoms with Gasteiger partial charge in [0.1, 0.15) is 24.2 Å². The Labute approximate surface area is 205 Å². The molecule has 37 heavy (non-hydrogen) atoms. The molecule has 0 aromatic heterocycles. The smallest absolute Gasteiger partial charge is 0.416 e. The van der Waals surface area contributed by atoms with Gasteiger partial charge >= 0.3 is 12.4 Å². The van der Waals surface area contributed by atoms with Gasteiger partial charge in [-0.15, -0.1) is 0 Å². The molecule has 3 N–H and O–H groups in total. The number of halogens is 7. The molecule has 1 heterocycles. The molecule has 0 saturated carbocycles. The molecule has 0 aliphatic carbocycles. The van der Waals surface area contributed by atoms with Gasteiger partial charge in [-0.05, 0) is 48.9 Å². The summed E-state index contributed by atoms with van der Waals surface area (Å²) in [5, 5.41) is 18.8. The molecule has 1 amide bonds. The summed E-state index contributed by atoms with van der Waals surface area (Å²) in [5.74, 6) is -5.40. The van der Waals surface area contributed by atoms with E-state index < -0.39 is 87.8 Å². The second-order valence-electron chi connectivity index (χ2n) is 8.09. The third-order valence-electron chi connectivity index (χ3n) is 5.60. The molecular formula is C21H19F7N2O6S. The maximum Gasteiger partial charge on any atom is 0.416 e. The Kier molecular flexibility index (Phi) is 8.07. The summed E-state index contributed by atoms with van der Waals surface area (Å²) in [5.41, 5.74) is -0.676. The zero-order valence-corrected chi connectivity index (χ0v) is 19.2. The molecule has 1 aliphatic rings. The number of nitrogens with zero attached hydrogens (tertiary/aromatic N) is 1. The third kappa shape index (κ3) is 6.31. The van der Waals surface area contributed by atoms with E-state index in [1.165, 1.54) is 0 Å². The van der Waals surface area contributed by atoms with Gasteiger partial charge in [0.05, 0.1) is 22.5 Å². The van der Waals surface area contributed by atoms with Crippen molar-refractivity contribution < 1.29 is 59.0 Å². The minimum atomic E-state index is -5.10. The quantitative estimate of drug-likeness (QED) is 0.284. The predicted octanol–water partition coefficient (Wildman–Crippen LogP) is 3.23. The van der Waals surface area contributed by atoms with Crippen LogP contribution in [-0.2, 0) is 27.6 Å². The number of amides is 1. The molecule has 1 fully saturated rings. The van der Waals surface area contributed by atoms with Crippen molar-refractivity contribution in [1.29, 1.82) is 0 Å². The minimum absolute atomic E-state index is 0.114. The number of ether oxygens (including phenoxy) is 1. The number of rotatable bonds is 6. The predicted molar refractivity (Wildman–Crippen MR) is 110 cm³/mol. The molecule has 16 heteroatoms. The van der Waals surface area contributed by atoms with E-state index in [0.29, 0.717) is 18.2 Å². The van der Waals surface area contributed by atoms with Crippen molar-refractivity contribution in [1.82, 2.24) is 9.79 Å². The average Bonchev–Trinajstić information content (AvgIpc) is 2.80. The normalized spacial score (nSPS) is 21.5. The fourth-order valence-electron chi connectivity index (χ4n) is 3.92. The van der Waals surface area contributed by atoms with E-state index in [1.807, 2.05) is 0 Å². The highest BCUT2D eigenvalue weighted by Crippen LogP contribution is 2.40. The monoisotopic (exact) mass is 560 g/mol. The molecule has 3 rings (SSSR count). The van der Waals surface area contributed by atoms with Crippen LogP contribution < -0.4 is 10.2 Å². The lowest BCUT2D eigenvalue weighted by Crippen LogP contribution is -2.61. The molecule has 0 spiro atoms. The molecule has 1 aliphatic heterocycles. The summed E-state index contributed by atoms with van der Waals surface area (Å²) >= 11 is 0. The number of piperidine rings is 1. The summed E-state index contributed by atoms with van der Waals surface area (Å²) in [6.07, 6.45) is -12.7. The standard InChI is InChI=1S/C21H19F7N2O6S/c22-12-1-6-16(20(23,24)25)11(7-12)10-36-14-2-4-15(5-3-14)37(34,35)30-9-13(31)8-17(21(26,27)28)18(30)19(32)29-33/h1-7,13,17-18,31,33H,8-10H2,(H,29,32). The number of carbonyl (C=O) groups excluding carboxylic acids is 1. The summed E-state index contributed by atoms with van der Waals surface area (Å²) < 4.78 is 125. The van der Waals surface area contributed by atoms with Crippen LogP contribution in [0.3, 0.4) is 0 Å². The number of carbonyl (C=O) groups is 1. The molecule has 2 aromatic carbocycles. The maximum atomic E-state index is 13.5. The summed E-state index contributed by atoms with van der Waals surface area (Å²) in [6, 6.07) is 3.04. The van der Waals surface area contributed by atoms with E-state index in [1.54, 1.807) is 0 Å². The number of hydrogen-bond acceptors (Lipinski definition) is 6. The number of sulfonamides is 1. The minimum Gasteiger partial charge on any atom is -0.489 e. The third-order valence-corrected chi connectivity index (χ3v) is 7.47. The first-order chi connectivity index (χ1) is 17.1. The van der Waals surface area contributed by atoms with Crippen molar-refractivity contribution in [2.75, 3.05) is 6.54 Å². The molecular weight excluding hydrogens is 541 g/mol. The number of β-amino-alcohol motifs (C(OH)–C–C–N with tert-alkyl or cyclic N) is 1. The lowest BCUT2D eigenvalue weighted by atomic mass is 9.88. The summed E-state index contributed by atoms with van der Waals surface area (Å²) in [6.45, 7) is -1.63. The number of benzene rings is 2. The zero-order valence-electron chi connectivity index (χ0n) is 18.4. The Bertz CT molecular complexity index is 1240. The second kappa shape index (κ2) is 10.4. The van der Waals surface area contributed by atoms with Crippen LogP contribution in [0.1, 0.15) is 17.5 Å². The van der Waals surface area contributed by atoms with Crippen molar-refractivity contribution in [3.8, 4) is 5.75 Å². The van der Waals surface area contributed by atoms with Crippen molar-refractivity contribution in [2.45, 2.75) is 42.4 Å². The molecule has 3 atom stereocenters. The SMILES string of the molecule is O=C(NO)C1C(C(F)(F)F)CC(O)CN1S(=O)(=O)c1ccc(OCc2cc(F)ccc2C(F)(F)F)cc1. The van der Waals surface area contributed by atoms with Crippen LogP contribution in [0.2, 0.25) is 0 Å². The van der Waals surface area contributed by atoms with Crippen molar-refractivity contribution in [3.05, 3.63) is 59.4 Å². The first-order valence-corrected chi connectivity index (χ1v) is 11.8. The highest BCUT2D eigenvalue weighted by Gasteiger charge is 2.56. The maximum absolute atomic E-state index is 13.5. The van der Waals surface area contributed by atoms with E-state index in [4.69, 9.17) is 9.94 Å². The second-order valence-corrected chi connectivity index (χ2v) is 9.98. The van der Waals surface area contributed by atoms with Gasteiger partial charge in [-0.3, -0.25) is 10.0 Å².